The minimum atomic E-state index is -0.134. The number of hydrogen-bond donors (Lipinski definition) is 2. The molecule has 22 heavy (non-hydrogen) atoms. The minimum absolute atomic E-state index is 0. The molecule has 0 saturated carbocycles. The fourth-order valence-electron chi connectivity index (χ4n) is 1.69. The predicted molar refractivity (Wildman–Crippen MR) is 97.9 cm³/mol. The average Bonchev–Trinajstić information content (AvgIpc) is 2.93. The van der Waals surface area contributed by atoms with Crippen molar-refractivity contribution in [3.8, 4) is 10.6 Å². The third-order valence-electron chi connectivity index (χ3n) is 2.70. The van der Waals surface area contributed by atoms with E-state index >= 15 is 0 Å². The largest absolute Gasteiger partial charge is 0.351 e. The Balaban J connectivity index is 0.00000220. The maximum Gasteiger partial charge on any atom is 0.270 e. The molecule has 2 N–H and O–H groups in total. The average molecular weight is 383 g/mol. The van der Waals surface area contributed by atoms with Crippen molar-refractivity contribution in [3.05, 3.63) is 40.4 Å². The SMILES string of the molecule is CNCCCNC(=O)c1csc(-c2cccc(Cl)c2)n1.Cl.Cl. The van der Waals surface area contributed by atoms with Crippen LogP contribution in [0.4, 0.5) is 0 Å². The Morgan fingerprint density at radius 3 is 2.77 bits per heavy atom. The number of benzene rings is 1. The Labute approximate surface area is 151 Å². The molecule has 0 atom stereocenters. The van der Waals surface area contributed by atoms with Gasteiger partial charge in [-0.1, -0.05) is 23.7 Å². The van der Waals surface area contributed by atoms with Crippen molar-refractivity contribution < 1.29 is 4.79 Å². The minimum Gasteiger partial charge on any atom is -0.351 e. The van der Waals surface area contributed by atoms with E-state index in [0.717, 1.165) is 23.5 Å². The summed E-state index contributed by atoms with van der Waals surface area (Å²) in [7, 11) is 1.89. The summed E-state index contributed by atoms with van der Waals surface area (Å²) < 4.78 is 0. The fraction of sp³-hybridized carbons (Fsp3) is 0.286. The first-order valence-electron chi connectivity index (χ1n) is 6.35. The molecular weight excluding hydrogens is 365 g/mol. The molecule has 0 fully saturated rings. The molecule has 0 saturated heterocycles. The first-order valence-corrected chi connectivity index (χ1v) is 7.60. The third kappa shape index (κ3) is 6.10. The molecule has 0 bridgehead atoms. The van der Waals surface area contributed by atoms with Crippen molar-refractivity contribution in [2.45, 2.75) is 6.42 Å². The molecule has 2 aromatic rings. The Kier molecular flexibility index (Phi) is 10.4. The van der Waals surface area contributed by atoms with Gasteiger partial charge >= 0.3 is 0 Å². The molecule has 4 nitrogen and oxygen atoms in total. The fourth-order valence-corrected chi connectivity index (χ4v) is 2.68. The van der Waals surface area contributed by atoms with E-state index in [0.29, 0.717) is 17.3 Å². The molecule has 1 heterocycles. The molecule has 0 aliphatic heterocycles. The Morgan fingerprint density at radius 1 is 1.32 bits per heavy atom. The van der Waals surface area contributed by atoms with Crippen LogP contribution in [0.15, 0.2) is 29.6 Å². The summed E-state index contributed by atoms with van der Waals surface area (Å²) in [5, 5.41) is 9.11. The van der Waals surface area contributed by atoms with E-state index < -0.39 is 0 Å². The molecule has 1 aromatic carbocycles. The lowest BCUT2D eigenvalue weighted by Gasteiger charge is -2.02. The molecule has 1 aromatic heterocycles. The van der Waals surface area contributed by atoms with Crippen LogP contribution in [0.1, 0.15) is 16.9 Å². The van der Waals surface area contributed by atoms with Gasteiger partial charge in [0, 0.05) is 22.5 Å². The molecular formula is C14H18Cl3N3OS. The molecule has 0 aliphatic carbocycles. The normalized spacial score (nSPS) is 9.55. The van der Waals surface area contributed by atoms with Crippen LogP contribution in [0.25, 0.3) is 10.6 Å². The lowest BCUT2D eigenvalue weighted by molar-refractivity contribution is 0.0949. The zero-order valence-electron chi connectivity index (χ0n) is 12.0. The van der Waals surface area contributed by atoms with E-state index in [1.165, 1.54) is 11.3 Å². The highest BCUT2D eigenvalue weighted by molar-refractivity contribution is 7.13. The number of carbonyl (C=O) groups excluding carboxylic acids is 1. The molecule has 0 unspecified atom stereocenters. The number of carbonyl (C=O) groups is 1. The summed E-state index contributed by atoms with van der Waals surface area (Å²) in [5.41, 5.74) is 1.38. The summed E-state index contributed by atoms with van der Waals surface area (Å²) in [6.07, 6.45) is 0.896. The lowest BCUT2D eigenvalue weighted by Crippen LogP contribution is -2.26. The lowest BCUT2D eigenvalue weighted by atomic mass is 10.2. The quantitative estimate of drug-likeness (QED) is 0.750. The van der Waals surface area contributed by atoms with Crippen LogP contribution in [-0.2, 0) is 0 Å². The highest BCUT2D eigenvalue weighted by Crippen LogP contribution is 2.25. The second-order valence-electron chi connectivity index (χ2n) is 4.26. The Bertz CT molecular complexity index is 592. The molecule has 0 radical (unpaired) electrons. The number of rotatable bonds is 6. The number of nitrogens with zero attached hydrogens (tertiary/aromatic N) is 1. The van der Waals surface area contributed by atoms with Gasteiger partial charge in [0.15, 0.2) is 0 Å². The van der Waals surface area contributed by atoms with Gasteiger partial charge < -0.3 is 10.6 Å². The zero-order valence-corrected chi connectivity index (χ0v) is 15.2. The maximum atomic E-state index is 11.9. The highest BCUT2D eigenvalue weighted by Gasteiger charge is 2.11. The van der Waals surface area contributed by atoms with Crippen molar-refractivity contribution in [2.75, 3.05) is 20.1 Å². The van der Waals surface area contributed by atoms with E-state index in [4.69, 9.17) is 11.6 Å². The van der Waals surface area contributed by atoms with Gasteiger partial charge in [-0.05, 0) is 32.1 Å². The summed E-state index contributed by atoms with van der Waals surface area (Å²) >= 11 is 7.39. The van der Waals surface area contributed by atoms with Gasteiger partial charge in [0.05, 0.1) is 0 Å². The van der Waals surface area contributed by atoms with Gasteiger partial charge in [-0.15, -0.1) is 36.2 Å². The van der Waals surface area contributed by atoms with Gasteiger partial charge in [0.25, 0.3) is 5.91 Å². The van der Waals surface area contributed by atoms with Crippen LogP contribution in [0, 0.1) is 0 Å². The first kappa shape index (κ1) is 21.1. The smallest absolute Gasteiger partial charge is 0.270 e. The van der Waals surface area contributed by atoms with Gasteiger partial charge in [-0.2, -0.15) is 0 Å². The summed E-state index contributed by atoms with van der Waals surface area (Å²) in [6, 6.07) is 7.46. The third-order valence-corrected chi connectivity index (χ3v) is 3.82. The second kappa shape index (κ2) is 10.8. The van der Waals surface area contributed by atoms with E-state index in [9.17, 15) is 4.79 Å². The van der Waals surface area contributed by atoms with Gasteiger partial charge in [0.1, 0.15) is 10.7 Å². The monoisotopic (exact) mass is 381 g/mol. The first-order chi connectivity index (χ1) is 9.70. The van der Waals surface area contributed by atoms with Crippen molar-refractivity contribution >= 4 is 53.7 Å². The van der Waals surface area contributed by atoms with Crippen LogP contribution in [0.3, 0.4) is 0 Å². The van der Waals surface area contributed by atoms with Crippen LogP contribution >= 0.6 is 47.8 Å². The molecule has 1 amide bonds. The number of thiazole rings is 1. The summed E-state index contributed by atoms with van der Waals surface area (Å²) in [4.78, 5) is 16.3. The highest BCUT2D eigenvalue weighted by atomic mass is 35.5. The second-order valence-corrected chi connectivity index (χ2v) is 5.56. The molecule has 2 rings (SSSR count). The van der Waals surface area contributed by atoms with Crippen LogP contribution in [0.5, 0.6) is 0 Å². The van der Waals surface area contributed by atoms with Crippen molar-refractivity contribution in [2.24, 2.45) is 0 Å². The summed E-state index contributed by atoms with van der Waals surface area (Å²) in [6.45, 7) is 1.52. The van der Waals surface area contributed by atoms with Crippen LogP contribution < -0.4 is 10.6 Å². The number of nitrogens with one attached hydrogen (secondary N) is 2. The van der Waals surface area contributed by atoms with Crippen LogP contribution in [0.2, 0.25) is 5.02 Å². The predicted octanol–water partition coefficient (Wildman–Crippen LogP) is 3.65. The zero-order chi connectivity index (χ0) is 14.4. The van der Waals surface area contributed by atoms with Crippen molar-refractivity contribution in [1.82, 2.24) is 15.6 Å². The maximum absolute atomic E-state index is 11.9. The number of hydrogen-bond acceptors (Lipinski definition) is 4. The topological polar surface area (TPSA) is 54.0 Å². The molecule has 122 valence electrons. The number of amides is 1. The van der Waals surface area contributed by atoms with Crippen LogP contribution in [-0.4, -0.2) is 31.0 Å². The van der Waals surface area contributed by atoms with Crippen molar-refractivity contribution in [1.29, 1.82) is 0 Å². The van der Waals surface area contributed by atoms with E-state index in [1.807, 2.05) is 31.3 Å². The van der Waals surface area contributed by atoms with E-state index in [2.05, 4.69) is 15.6 Å². The Hall–Kier alpha value is -0.850. The number of aromatic nitrogens is 1. The molecule has 8 heteroatoms. The molecule has 0 spiro atoms. The van der Waals surface area contributed by atoms with E-state index in [1.54, 1.807) is 5.38 Å². The summed E-state index contributed by atoms with van der Waals surface area (Å²) in [5.74, 6) is -0.134. The van der Waals surface area contributed by atoms with Gasteiger partial charge in [-0.25, -0.2) is 4.98 Å². The molecule has 0 aliphatic rings. The number of halogens is 3. The van der Waals surface area contributed by atoms with Gasteiger partial charge in [-0.3, -0.25) is 4.79 Å². The Morgan fingerprint density at radius 2 is 2.09 bits per heavy atom. The standard InChI is InChI=1S/C14H16ClN3OS.2ClH/c1-16-6-3-7-17-13(19)12-9-20-14(18-12)10-4-2-5-11(15)8-10;;/h2,4-5,8-9,16H,3,6-7H2,1H3,(H,17,19);2*1H. The van der Waals surface area contributed by atoms with Gasteiger partial charge in [0.2, 0.25) is 0 Å². The van der Waals surface area contributed by atoms with E-state index in [-0.39, 0.29) is 30.7 Å². The van der Waals surface area contributed by atoms with Crippen molar-refractivity contribution in [3.63, 3.8) is 0 Å².